The fraction of sp³-hybridized carbons (Fsp3) is 0.148. The van der Waals surface area contributed by atoms with Crippen molar-refractivity contribution in [1.82, 2.24) is 4.57 Å². The monoisotopic (exact) mass is 808 g/mol. The molecule has 1 aliphatic heterocycles. The predicted octanol–water partition coefficient (Wildman–Crippen LogP) is 15.9. The number of benzene rings is 8. The van der Waals surface area contributed by atoms with E-state index in [1.165, 1.54) is 122 Å². The fourth-order valence-electron chi connectivity index (χ4n) is 12.2. The summed E-state index contributed by atoms with van der Waals surface area (Å²) in [5, 5.41) is 5.17. The first-order valence-electron chi connectivity index (χ1n) is 22.6. The number of allylic oxidation sites excluding steroid dienone is 5. The molecule has 9 aromatic rings. The molecule has 0 spiro atoms. The van der Waals surface area contributed by atoms with Crippen LogP contribution in [0.3, 0.4) is 0 Å². The maximum absolute atomic E-state index is 2.59. The van der Waals surface area contributed by atoms with Crippen LogP contribution >= 0.6 is 0 Å². The second kappa shape index (κ2) is 12.9. The highest BCUT2D eigenvalue weighted by Crippen LogP contribution is 2.55. The molecule has 2 bridgehead atoms. The molecule has 0 radical (unpaired) electrons. The average Bonchev–Trinajstić information content (AvgIpc) is 3.85. The van der Waals surface area contributed by atoms with Crippen LogP contribution in [0.5, 0.6) is 0 Å². The minimum atomic E-state index is -0.144. The molecule has 0 saturated heterocycles. The molecule has 2 heterocycles. The van der Waals surface area contributed by atoms with E-state index in [0.717, 1.165) is 6.42 Å². The Balaban J connectivity index is 1.08. The van der Waals surface area contributed by atoms with Crippen LogP contribution in [0.2, 0.25) is 0 Å². The molecule has 302 valence electrons. The van der Waals surface area contributed by atoms with Crippen LogP contribution in [0.1, 0.15) is 68.0 Å². The zero-order valence-electron chi connectivity index (χ0n) is 36.5. The van der Waals surface area contributed by atoms with Gasteiger partial charge in [0.1, 0.15) is 0 Å². The van der Waals surface area contributed by atoms with E-state index in [0.29, 0.717) is 0 Å². The van der Waals surface area contributed by atoms with E-state index in [-0.39, 0.29) is 16.7 Å². The van der Waals surface area contributed by atoms with Crippen LogP contribution < -0.4 is 4.90 Å². The molecule has 13 rings (SSSR count). The van der Waals surface area contributed by atoms with Crippen molar-refractivity contribution < 1.29 is 0 Å². The number of hydrogen-bond donors (Lipinski definition) is 0. The Bertz CT molecular complexity index is 3550. The minimum Gasteiger partial charge on any atom is -0.314 e. The molecule has 0 amide bonds. The molecular weight excluding hydrogens is 761 g/mol. The molecule has 1 unspecified atom stereocenters. The number of para-hydroxylation sites is 2. The lowest BCUT2D eigenvalue weighted by Gasteiger charge is -2.34. The first-order chi connectivity index (χ1) is 30.7. The van der Waals surface area contributed by atoms with Gasteiger partial charge in [-0.15, -0.1) is 0 Å². The molecule has 4 aliphatic rings. The second-order valence-corrected chi connectivity index (χ2v) is 19.3. The molecular formula is C61H48N2. The zero-order valence-corrected chi connectivity index (χ0v) is 36.5. The van der Waals surface area contributed by atoms with Gasteiger partial charge in [0.15, 0.2) is 0 Å². The van der Waals surface area contributed by atoms with Crippen LogP contribution in [-0.2, 0) is 17.3 Å². The topological polar surface area (TPSA) is 8.17 Å². The Labute approximate surface area is 369 Å². The van der Waals surface area contributed by atoms with Crippen molar-refractivity contribution in [3.05, 3.63) is 221 Å². The summed E-state index contributed by atoms with van der Waals surface area (Å²) in [6, 6.07) is 61.8. The van der Waals surface area contributed by atoms with Gasteiger partial charge in [0.25, 0.3) is 0 Å². The van der Waals surface area contributed by atoms with E-state index in [2.05, 4.69) is 226 Å². The highest BCUT2D eigenvalue weighted by atomic mass is 15.1. The van der Waals surface area contributed by atoms with Gasteiger partial charge in [0.2, 0.25) is 0 Å². The number of rotatable bonds is 3. The van der Waals surface area contributed by atoms with Crippen LogP contribution in [-0.4, -0.2) is 4.57 Å². The first-order valence-corrected chi connectivity index (χ1v) is 22.6. The van der Waals surface area contributed by atoms with E-state index in [4.69, 9.17) is 0 Å². The highest BCUT2D eigenvalue weighted by Gasteiger charge is 2.41. The van der Waals surface area contributed by atoms with E-state index in [1.54, 1.807) is 0 Å². The summed E-state index contributed by atoms with van der Waals surface area (Å²) in [5.74, 6) is 0.257. The Hall–Kier alpha value is -7.16. The summed E-state index contributed by atoms with van der Waals surface area (Å²) in [5.41, 5.74) is 23.4. The van der Waals surface area contributed by atoms with Crippen molar-refractivity contribution in [1.29, 1.82) is 0 Å². The largest absolute Gasteiger partial charge is 0.314 e. The van der Waals surface area contributed by atoms with Crippen molar-refractivity contribution >= 4 is 55.6 Å². The Kier molecular flexibility index (Phi) is 7.49. The first kappa shape index (κ1) is 36.5. The van der Waals surface area contributed by atoms with Crippen molar-refractivity contribution in [2.24, 2.45) is 5.92 Å². The molecule has 2 heteroatoms. The number of hydrogen-bond acceptors (Lipinski definition) is 1. The molecule has 0 saturated carbocycles. The summed E-state index contributed by atoms with van der Waals surface area (Å²) in [6.45, 7) is 12.0. The number of nitrogens with zero attached hydrogens (tertiary/aromatic N) is 2. The summed E-state index contributed by atoms with van der Waals surface area (Å²) < 4.78 is 2.41. The maximum atomic E-state index is 2.59. The molecule has 3 aliphatic carbocycles. The van der Waals surface area contributed by atoms with Crippen LogP contribution in [0.15, 0.2) is 187 Å². The lowest BCUT2D eigenvalue weighted by molar-refractivity contribution is 0.650. The molecule has 1 aromatic heterocycles. The third-order valence-electron chi connectivity index (χ3n) is 15.2. The SMILES string of the molecule is CC1=CC2=C(c3ccccc3C2(C)C)C2C=Cc3ccc4c(-c5ccc6c(c5)c5ccccc5n6-c5ccccc5)ccc(c4c3C2)N1c1ccc2c(c1)C(C)(C)c1ccccc1-2. The average molecular weight is 809 g/mol. The lowest BCUT2D eigenvalue weighted by atomic mass is 9.77. The zero-order chi connectivity index (χ0) is 42.4. The standard InChI is InChI=1S/C61H48N2/c1-37-33-54-58(48-19-10-13-21-52(48)61(54,4)5)40-24-23-38-25-28-47-43(39-26-31-56-50(34-39)46-18-11-14-22-55(46)63(56)41-15-7-6-8-16-41)30-32-57(59(47)49(38)35-40)62(37)42-27-29-45-44-17-9-12-20-51(44)60(2,3)53(45)36-42/h6-34,36,40H,35H2,1-5H3. The van der Waals surface area contributed by atoms with Gasteiger partial charge in [0, 0.05) is 50.0 Å². The van der Waals surface area contributed by atoms with E-state index >= 15 is 0 Å². The number of fused-ring (bicyclic) bond motifs is 10. The van der Waals surface area contributed by atoms with Crippen molar-refractivity contribution in [2.45, 2.75) is 51.9 Å². The van der Waals surface area contributed by atoms with Crippen LogP contribution in [0.4, 0.5) is 11.4 Å². The van der Waals surface area contributed by atoms with Gasteiger partial charge < -0.3 is 9.47 Å². The van der Waals surface area contributed by atoms with Gasteiger partial charge in [-0.3, -0.25) is 0 Å². The normalized spacial score (nSPS) is 17.6. The molecule has 63 heavy (non-hydrogen) atoms. The summed E-state index contributed by atoms with van der Waals surface area (Å²) in [6.07, 6.45) is 8.39. The number of anilines is 2. The third kappa shape index (κ3) is 5.01. The molecule has 8 aromatic carbocycles. The van der Waals surface area contributed by atoms with Gasteiger partial charge in [-0.05, 0) is 140 Å². The van der Waals surface area contributed by atoms with E-state index < -0.39 is 0 Å². The lowest BCUT2D eigenvalue weighted by Crippen LogP contribution is -2.22. The Morgan fingerprint density at radius 1 is 0.524 bits per heavy atom. The van der Waals surface area contributed by atoms with Gasteiger partial charge in [-0.2, -0.15) is 0 Å². The van der Waals surface area contributed by atoms with E-state index in [1.807, 2.05) is 0 Å². The second-order valence-electron chi connectivity index (χ2n) is 19.3. The number of aromatic nitrogens is 1. The smallest absolute Gasteiger partial charge is 0.0541 e. The molecule has 2 nitrogen and oxygen atoms in total. The Morgan fingerprint density at radius 3 is 2.06 bits per heavy atom. The molecule has 0 N–H and O–H groups in total. The maximum Gasteiger partial charge on any atom is 0.0541 e. The fourth-order valence-corrected chi connectivity index (χ4v) is 12.2. The highest BCUT2D eigenvalue weighted by molar-refractivity contribution is 6.13. The molecule has 1 atom stereocenters. The van der Waals surface area contributed by atoms with Gasteiger partial charge >= 0.3 is 0 Å². The van der Waals surface area contributed by atoms with Crippen molar-refractivity contribution in [2.75, 3.05) is 4.90 Å². The summed E-state index contributed by atoms with van der Waals surface area (Å²) >= 11 is 0. The molecule has 0 fully saturated rings. The third-order valence-corrected chi connectivity index (χ3v) is 15.2. The summed E-state index contributed by atoms with van der Waals surface area (Å²) in [7, 11) is 0. The van der Waals surface area contributed by atoms with Gasteiger partial charge in [-0.25, -0.2) is 0 Å². The van der Waals surface area contributed by atoms with Gasteiger partial charge in [-0.1, -0.05) is 155 Å². The van der Waals surface area contributed by atoms with Gasteiger partial charge in [0.05, 0.1) is 16.7 Å². The van der Waals surface area contributed by atoms with Crippen molar-refractivity contribution in [3.63, 3.8) is 0 Å². The predicted molar refractivity (Wildman–Crippen MR) is 266 cm³/mol. The minimum absolute atomic E-state index is 0.118. The summed E-state index contributed by atoms with van der Waals surface area (Å²) in [4.78, 5) is 2.59. The quantitative estimate of drug-likeness (QED) is 0.173. The Morgan fingerprint density at radius 2 is 1.22 bits per heavy atom. The van der Waals surface area contributed by atoms with Crippen LogP contribution in [0.25, 0.3) is 72.2 Å². The van der Waals surface area contributed by atoms with Crippen molar-refractivity contribution in [3.8, 4) is 27.9 Å². The van der Waals surface area contributed by atoms with E-state index in [9.17, 15) is 0 Å². The van der Waals surface area contributed by atoms with Crippen LogP contribution in [0, 0.1) is 5.92 Å².